The fourth-order valence-electron chi connectivity index (χ4n) is 1.86. The number of ether oxygens (including phenoxy) is 1. The Morgan fingerprint density at radius 3 is 2.52 bits per heavy atom. The highest BCUT2D eigenvalue weighted by molar-refractivity contribution is 5.88. The van der Waals surface area contributed by atoms with Gasteiger partial charge < -0.3 is 10.1 Å². The lowest BCUT2D eigenvalue weighted by Crippen LogP contribution is -2.14. The van der Waals surface area contributed by atoms with E-state index in [4.69, 9.17) is 0 Å². The molecular formula is C18H27NO2. The van der Waals surface area contributed by atoms with E-state index >= 15 is 0 Å². The topological polar surface area (TPSA) is 38.3 Å². The first kappa shape index (κ1) is 17.3. The molecular weight excluding hydrogens is 262 g/mol. The van der Waals surface area contributed by atoms with Crippen LogP contribution in [0.25, 0.3) is 6.08 Å². The highest BCUT2D eigenvalue weighted by Crippen LogP contribution is 2.28. The van der Waals surface area contributed by atoms with Crippen LogP contribution < -0.4 is 5.32 Å². The van der Waals surface area contributed by atoms with Crippen molar-refractivity contribution in [1.82, 2.24) is 0 Å². The summed E-state index contributed by atoms with van der Waals surface area (Å²) in [5.74, 6) is 0.213. The number of anilines is 1. The summed E-state index contributed by atoms with van der Waals surface area (Å²) in [5.41, 5.74) is 3.41. The molecule has 1 N–H and O–H groups in total. The van der Waals surface area contributed by atoms with Gasteiger partial charge in [-0.25, -0.2) is 4.79 Å². The van der Waals surface area contributed by atoms with Gasteiger partial charge in [0.05, 0.1) is 7.11 Å². The van der Waals surface area contributed by atoms with Crippen LogP contribution in [0.5, 0.6) is 0 Å². The number of methoxy groups -OCH3 is 1. The molecule has 0 fully saturated rings. The maximum absolute atomic E-state index is 11.3. The Morgan fingerprint density at radius 2 is 2.00 bits per heavy atom. The summed E-state index contributed by atoms with van der Waals surface area (Å²) in [5, 5.41) is 3.46. The Kier molecular flexibility index (Phi) is 6.01. The van der Waals surface area contributed by atoms with Crippen LogP contribution in [0.3, 0.4) is 0 Å². The maximum Gasteiger partial charge on any atom is 0.330 e. The van der Waals surface area contributed by atoms with Crippen LogP contribution in [0.1, 0.15) is 45.7 Å². The van der Waals surface area contributed by atoms with Gasteiger partial charge in [0, 0.05) is 18.3 Å². The maximum atomic E-state index is 11.3. The van der Waals surface area contributed by atoms with E-state index in [2.05, 4.69) is 56.8 Å². The lowest BCUT2D eigenvalue weighted by atomic mass is 9.86. The minimum Gasteiger partial charge on any atom is -0.466 e. The number of carbonyl (C=O) groups is 1. The monoisotopic (exact) mass is 289 g/mol. The van der Waals surface area contributed by atoms with Gasteiger partial charge in [-0.15, -0.1) is 0 Å². The number of hydrogen-bond acceptors (Lipinski definition) is 3. The van der Waals surface area contributed by atoms with Crippen LogP contribution in [0.2, 0.25) is 0 Å². The second-order valence-corrected chi connectivity index (χ2v) is 6.68. The van der Waals surface area contributed by atoms with Crippen LogP contribution in [0.4, 0.5) is 5.69 Å². The second-order valence-electron chi connectivity index (χ2n) is 6.68. The van der Waals surface area contributed by atoms with Crippen molar-refractivity contribution in [2.24, 2.45) is 5.92 Å². The zero-order chi connectivity index (χ0) is 16.0. The fraction of sp³-hybridized carbons (Fsp3) is 0.500. The Bertz CT molecular complexity index is 510. The third-order valence-corrected chi connectivity index (χ3v) is 3.22. The number of carbonyl (C=O) groups excluding carboxylic acids is 1. The van der Waals surface area contributed by atoms with Gasteiger partial charge in [0.15, 0.2) is 0 Å². The zero-order valence-electron chi connectivity index (χ0n) is 14.0. The first-order chi connectivity index (χ1) is 9.74. The van der Waals surface area contributed by atoms with Gasteiger partial charge in [0.2, 0.25) is 0 Å². The molecule has 1 aromatic carbocycles. The molecule has 0 heterocycles. The van der Waals surface area contributed by atoms with Crippen LogP contribution in [-0.4, -0.2) is 19.6 Å². The third kappa shape index (κ3) is 5.62. The lowest BCUT2D eigenvalue weighted by molar-refractivity contribution is -0.134. The highest BCUT2D eigenvalue weighted by Gasteiger charge is 2.15. The molecule has 0 spiro atoms. The van der Waals surface area contributed by atoms with Gasteiger partial charge in [-0.3, -0.25) is 0 Å². The minimum absolute atomic E-state index is 0.0961. The average Bonchev–Trinajstić information content (AvgIpc) is 2.41. The minimum atomic E-state index is -0.343. The first-order valence-corrected chi connectivity index (χ1v) is 7.38. The van der Waals surface area contributed by atoms with E-state index in [0.29, 0.717) is 5.92 Å². The van der Waals surface area contributed by atoms with Crippen molar-refractivity contribution >= 4 is 17.7 Å². The predicted molar refractivity (Wildman–Crippen MR) is 89.5 cm³/mol. The summed E-state index contributed by atoms with van der Waals surface area (Å²) >= 11 is 0. The molecule has 0 aliphatic rings. The predicted octanol–water partition coefficient (Wildman–Crippen LogP) is 4.24. The summed E-state index contributed by atoms with van der Waals surface area (Å²) in [7, 11) is 1.38. The van der Waals surface area contributed by atoms with E-state index in [9.17, 15) is 4.79 Å². The first-order valence-electron chi connectivity index (χ1n) is 7.38. The van der Waals surface area contributed by atoms with Gasteiger partial charge in [0.25, 0.3) is 0 Å². The molecule has 0 saturated carbocycles. The number of nitrogens with one attached hydrogen (secondary N) is 1. The van der Waals surface area contributed by atoms with E-state index in [-0.39, 0.29) is 11.4 Å². The van der Waals surface area contributed by atoms with E-state index in [1.165, 1.54) is 18.7 Å². The van der Waals surface area contributed by atoms with Crippen molar-refractivity contribution in [1.29, 1.82) is 0 Å². The number of rotatable bonds is 5. The van der Waals surface area contributed by atoms with Crippen molar-refractivity contribution in [2.75, 3.05) is 19.0 Å². The van der Waals surface area contributed by atoms with E-state index in [1.54, 1.807) is 6.08 Å². The quantitative estimate of drug-likeness (QED) is 0.651. The smallest absolute Gasteiger partial charge is 0.330 e. The lowest BCUT2D eigenvalue weighted by Gasteiger charge is -2.21. The van der Waals surface area contributed by atoms with Crippen molar-refractivity contribution in [3.05, 3.63) is 35.4 Å². The molecule has 0 bridgehead atoms. The summed E-state index contributed by atoms with van der Waals surface area (Å²) in [6, 6.07) is 6.32. The van der Waals surface area contributed by atoms with Crippen molar-refractivity contribution in [3.63, 3.8) is 0 Å². The summed E-state index contributed by atoms with van der Waals surface area (Å²) in [4.78, 5) is 11.3. The molecule has 1 aromatic rings. The Balaban J connectivity index is 3.10. The van der Waals surface area contributed by atoms with Crippen LogP contribution >= 0.6 is 0 Å². The Hall–Kier alpha value is -1.77. The SMILES string of the molecule is COC(=O)C=Cc1ccc(C(C)(C)C)cc1NCC(C)C. The van der Waals surface area contributed by atoms with Gasteiger partial charge in [0.1, 0.15) is 0 Å². The van der Waals surface area contributed by atoms with Crippen molar-refractivity contribution in [2.45, 2.75) is 40.0 Å². The molecule has 21 heavy (non-hydrogen) atoms. The molecule has 0 amide bonds. The Labute approximate surface area is 128 Å². The summed E-state index contributed by atoms with van der Waals surface area (Å²) in [6.07, 6.45) is 3.24. The molecule has 3 nitrogen and oxygen atoms in total. The van der Waals surface area contributed by atoms with Crippen molar-refractivity contribution in [3.8, 4) is 0 Å². The highest BCUT2D eigenvalue weighted by atomic mass is 16.5. The summed E-state index contributed by atoms with van der Waals surface area (Å²) < 4.78 is 4.64. The Morgan fingerprint density at radius 1 is 1.33 bits per heavy atom. The van der Waals surface area contributed by atoms with E-state index < -0.39 is 0 Å². The van der Waals surface area contributed by atoms with E-state index in [1.807, 2.05) is 6.07 Å². The number of esters is 1. The molecule has 0 aliphatic carbocycles. The largest absolute Gasteiger partial charge is 0.466 e. The van der Waals surface area contributed by atoms with Crippen LogP contribution in [0.15, 0.2) is 24.3 Å². The van der Waals surface area contributed by atoms with Gasteiger partial charge in [-0.1, -0.05) is 46.8 Å². The molecule has 0 radical (unpaired) electrons. The van der Waals surface area contributed by atoms with Gasteiger partial charge in [-0.2, -0.15) is 0 Å². The molecule has 0 aliphatic heterocycles. The van der Waals surface area contributed by atoms with Gasteiger partial charge in [-0.05, 0) is 34.6 Å². The van der Waals surface area contributed by atoms with Crippen LogP contribution in [-0.2, 0) is 14.9 Å². The molecule has 0 aromatic heterocycles. The van der Waals surface area contributed by atoms with Crippen molar-refractivity contribution < 1.29 is 9.53 Å². The average molecular weight is 289 g/mol. The normalized spacial score (nSPS) is 12.0. The zero-order valence-corrected chi connectivity index (χ0v) is 14.0. The third-order valence-electron chi connectivity index (χ3n) is 3.22. The molecule has 116 valence electrons. The number of benzene rings is 1. The van der Waals surface area contributed by atoms with Crippen LogP contribution in [0, 0.1) is 5.92 Å². The van der Waals surface area contributed by atoms with E-state index in [0.717, 1.165) is 17.8 Å². The van der Waals surface area contributed by atoms with Gasteiger partial charge >= 0.3 is 5.97 Å². The summed E-state index contributed by atoms with van der Waals surface area (Å²) in [6.45, 7) is 11.8. The molecule has 0 unspecified atom stereocenters. The molecule has 3 heteroatoms. The standard InChI is InChI=1S/C18H27NO2/c1-13(2)12-19-16-11-15(18(3,4)5)9-7-14(16)8-10-17(20)21-6/h7-11,13,19H,12H2,1-6H3. The molecule has 0 atom stereocenters. The molecule has 0 saturated heterocycles. The second kappa shape index (κ2) is 7.30. The number of hydrogen-bond donors (Lipinski definition) is 1. The molecule has 1 rings (SSSR count). The fourth-order valence-corrected chi connectivity index (χ4v) is 1.86.